The molecule has 1 saturated heterocycles. The number of nitriles is 1. The van der Waals surface area contributed by atoms with Crippen molar-refractivity contribution < 1.29 is 13.9 Å². The summed E-state index contributed by atoms with van der Waals surface area (Å²) in [5, 5.41) is 18.2. The highest BCUT2D eigenvalue weighted by atomic mass is 16.5. The summed E-state index contributed by atoms with van der Waals surface area (Å²) < 4.78 is 19.4. The van der Waals surface area contributed by atoms with Gasteiger partial charge in [0.25, 0.3) is 6.01 Å². The molecule has 0 unspecified atom stereocenters. The van der Waals surface area contributed by atoms with Gasteiger partial charge in [0, 0.05) is 30.4 Å². The van der Waals surface area contributed by atoms with E-state index in [9.17, 15) is 0 Å². The molecule has 5 aromatic rings. The molecular weight excluding hydrogens is 558 g/mol. The van der Waals surface area contributed by atoms with Gasteiger partial charge in [-0.05, 0) is 62.4 Å². The number of oxazole rings is 1. The maximum Gasteiger partial charge on any atom is 0.300 e. The molecular formula is C32H35N9O3. The van der Waals surface area contributed by atoms with Gasteiger partial charge in [-0.2, -0.15) is 15.3 Å². The Morgan fingerprint density at radius 1 is 1.07 bits per heavy atom. The second kappa shape index (κ2) is 12.1. The van der Waals surface area contributed by atoms with Crippen LogP contribution >= 0.6 is 0 Å². The number of anilines is 3. The number of nitrogen functional groups attached to an aromatic ring is 1. The van der Waals surface area contributed by atoms with Crippen LogP contribution in [0, 0.1) is 11.3 Å². The topological polar surface area (TPSA) is 153 Å². The number of morpholine rings is 1. The predicted molar refractivity (Wildman–Crippen MR) is 167 cm³/mol. The van der Waals surface area contributed by atoms with Crippen molar-refractivity contribution in [3.63, 3.8) is 0 Å². The van der Waals surface area contributed by atoms with E-state index in [1.165, 1.54) is 6.33 Å². The van der Waals surface area contributed by atoms with Crippen LogP contribution in [0.5, 0.6) is 5.75 Å². The van der Waals surface area contributed by atoms with Crippen molar-refractivity contribution in [2.45, 2.75) is 51.1 Å². The van der Waals surface area contributed by atoms with E-state index in [1.54, 1.807) is 0 Å². The predicted octanol–water partition coefficient (Wildman–Crippen LogP) is 5.24. The molecule has 0 bridgehead atoms. The van der Waals surface area contributed by atoms with Crippen molar-refractivity contribution in [1.82, 2.24) is 29.6 Å². The Hall–Kier alpha value is -4.73. The van der Waals surface area contributed by atoms with E-state index in [0.29, 0.717) is 41.3 Å². The fourth-order valence-electron chi connectivity index (χ4n) is 6.46. The number of benzene rings is 2. The number of nitrogens with zero attached hydrogens (tertiary/aromatic N) is 7. The SMILES string of the molecule is CCOc1cc(CC#N)cc2nc(Nc3ccc(-c4nn([C@H]5CC[C@H](N6CCOCC6)CC5)c5ncnc(N)c45)cc3)oc12. The molecule has 1 saturated carbocycles. The van der Waals surface area contributed by atoms with Crippen LogP contribution in [0.4, 0.5) is 17.5 Å². The van der Waals surface area contributed by atoms with E-state index in [-0.39, 0.29) is 12.5 Å². The molecule has 3 aromatic heterocycles. The summed E-state index contributed by atoms with van der Waals surface area (Å²) in [6.45, 7) is 6.07. The monoisotopic (exact) mass is 593 g/mol. The van der Waals surface area contributed by atoms with Gasteiger partial charge in [-0.25, -0.2) is 14.6 Å². The summed E-state index contributed by atoms with van der Waals surface area (Å²) in [5.41, 5.74) is 11.7. The first-order valence-electron chi connectivity index (χ1n) is 15.2. The van der Waals surface area contributed by atoms with Crippen molar-refractivity contribution in [2.24, 2.45) is 0 Å². The first-order chi connectivity index (χ1) is 21.6. The lowest BCUT2D eigenvalue weighted by molar-refractivity contribution is 0.00520. The molecule has 12 nitrogen and oxygen atoms in total. The van der Waals surface area contributed by atoms with E-state index in [0.717, 1.165) is 85.5 Å². The van der Waals surface area contributed by atoms with Crippen LogP contribution in [0.2, 0.25) is 0 Å². The van der Waals surface area contributed by atoms with Crippen molar-refractivity contribution in [3.8, 4) is 23.1 Å². The highest BCUT2D eigenvalue weighted by Crippen LogP contribution is 2.38. The van der Waals surface area contributed by atoms with Crippen molar-refractivity contribution in [3.05, 3.63) is 48.3 Å². The average Bonchev–Trinajstić information content (AvgIpc) is 3.65. The minimum absolute atomic E-state index is 0.258. The summed E-state index contributed by atoms with van der Waals surface area (Å²) in [5.74, 6) is 0.996. The minimum atomic E-state index is 0.258. The zero-order valence-corrected chi connectivity index (χ0v) is 24.7. The number of aromatic nitrogens is 5. The van der Waals surface area contributed by atoms with E-state index in [1.807, 2.05) is 43.3 Å². The summed E-state index contributed by atoms with van der Waals surface area (Å²) in [7, 11) is 0. The number of nitrogens with one attached hydrogen (secondary N) is 1. The molecule has 0 atom stereocenters. The van der Waals surface area contributed by atoms with E-state index < -0.39 is 0 Å². The van der Waals surface area contributed by atoms with Crippen molar-refractivity contribution in [1.29, 1.82) is 5.26 Å². The smallest absolute Gasteiger partial charge is 0.300 e. The summed E-state index contributed by atoms with van der Waals surface area (Å²) in [4.78, 5) is 16.1. The van der Waals surface area contributed by atoms with Gasteiger partial charge in [-0.3, -0.25) is 4.90 Å². The maximum absolute atomic E-state index is 9.14. The molecule has 1 aliphatic heterocycles. The Morgan fingerprint density at radius 2 is 1.84 bits per heavy atom. The highest BCUT2D eigenvalue weighted by Gasteiger charge is 2.30. The first-order valence-corrected chi connectivity index (χ1v) is 15.2. The average molecular weight is 594 g/mol. The molecule has 7 rings (SSSR count). The number of ether oxygens (including phenoxy) is 2. The van der Waals surface area contributed by atoms with Crippen molar-refractivity contribution in [2.75, 3.05) is 44.0 Å². The quantitative estimate of drug-likeness (QED) is 0.243. The normalized spacial score (nSPS) is 19.3. The molecule has 2 fully saturated rings. The highest BCUT2D eigenvalue weighted by molar-refractivity contribution is 5.98. The van der Waals surface area contributed by atoms with Gasteiger partial charge in [0.05, 0.1) is 43.7 Å². The molecule has 0 spiro atoms. The standard InChI is InChI=1S/C32H35N9O3/c1-2-43-26-18-20(11-12-33)17-25-29(26)44-32(38-25)37-22-5-3-21(4-6-22)28-27-30(34)35-19-36-31(27)41(39-28)24-9-7-23(8-10-24)40-13-15-42-16-14-40/h3-6,17-19,23-24H,2,7-11,13-16H2,1H3,(H,37,38)(H2,34,35,36)/t23-,24-. The van der Waals surface area contributed by atoms with Crippen LogP contribution < -0.4 is 15.8 Å². The van der Waals surface area contributed by atoms with Crippen LogP contribution in [-0.2, 0) is 11.2 Å². The Bertz CT molecular complexity index is 1810. The van der Waals surface area contributed by atoms with Gasteiger partial charge >= 0.3 is 0 Å². The number of fused-ring (bicyclic) bond motifs is 2. The third-order valence-electron chi connectivity index (χ3n) is 8.60. The first kappa shape index (κ1) is 28.1. The van der Waals surface area contributed by atoms with E-state index in [4.69, 9.17) is 30.0 Å². The van der Waals surface area contributed by atoms with E-state index in [2.05, 4.69) is 35.9 Å². The lowest BCUT2D eigenvalue weighted by atomic mass is 9.90. The van der Waals surface area contributed by atoms with E-state index >= 15 is 0 Å². The molecule has 0 radical (unpaired) electrons. The fraction of sp³-hybridized carbons (Fsp3) is 0.406. The molecule has 1 aliphatic carbocycles. The van der Waals surface area contributed by atoms with Crippen LogP contribution in [-0.4, -0.2) is 68.6 Å². The fourth-order valence-corrected chi connectivity index (χ4v) is 6.46. The number of hydrogen-bond donors (Lipinski definition) is 2. The van der Waals surface area contributed by atoms with Crippen molar-refractivity contribution >= 4 is 39.7 Å². The molecule has 0 amide bonds. The Balaban J connectivity index is 1.13. The number of hydrogen-bond acceptors (Lipinski definition) is 11. The Morgan fingerprint density at radius 3 is 2.59 bits per heavy atom. The Kier molecular flexibility index (Phi) is 7.72. The van der Waals surface area contributed by atoms with Gasteiger partial charge in [0.2, 0.25) is 0 Å². The zero-order valence-electron chi connectivity index (χ0n) is 24.7. The van der Waals surface area contributed by atoms with Gasteiger partial charge in [0.1, 0.15) is 23.4 Å². The lowest BCUT2D eigenvalue weighted by Crippen LogP contribution is -2.45. The molecule has 3 N–H and O–H groups in total. The zero-order chi connectivity index (χ0) is 30.0. The van der Waals surface area contributed by atoms with Crippen LogP contribution in [0.1, 0.15) is 44.2 Å². The summed E-state index contributed by atoms with van der Waals surface area (Å²) in [6, 6.07) is 14.9. The number of nitrogens with two attached hydrogens (primary N) is 1. The molecule has 2 aliphatic rings. The van der Waals surface area contributed by atoms with Gasteiger partial charge in [-0.1, -0.05) is 12.1 Å². The third-order valence-corrected chi connectivity index (χ3v) is 8.60. The lowest BCUT2D eigenvalue weighted by Gasteiger charge is -2.38. The molecule has 12 heteroatoms. The van der Waals surface area contributed by atoms with Crippen LogP contribution in [0.15, 0.2) is 47.1 Å². The minimum Gasteiger partial charge on any atom is -0.490 e. The third kappa shape index (κ3) is 5.40. The molecule has 226 valence electrons. The second-order valence-electron chi connectivity index (χ2n) is 11.3. The molecule has 44 heavy (non-hydrogen) atoms. The van der Waals surface area contributed by atoms with Gasteiger partial charge in [0.15, 0.2) is 17.0 Å². The van der Waals surface area contributed by atoms with Gasteiger partial charge in [-0.15, -0.1) is 0 Å². The second-order valence-corrected chi connectivity index (χ2v) is 11.3. The molecule has 2 aromatic carbocycles. The maximum atomic E-state index is 9.14. The molecule has 4 heterocycles. The summed E-state index contributed by atoms with van der Waals surface area (Å²) in [6.07, 6.45) is 6.13. The van der Waals surface area contributed by atoms with Crippen LogP contribution in [0.25, 0.3) is 33.4 Å². The summed E-state index contributed by atoms with van der Waals surface area (Å²) >= 11 is 0. The number of rotatable bonds is 8. The largest absolute Gasteiger partial charge is 0.490 e. The van der Waals surface area contributed by atoms with Gasteiger partial charge < -0.3 is 24.9 Å². The van der Waals surface area contributed by atoms with Crippen LogP contribution in [0.3, 0.4) is 0 Å². The Labute approximate surface area is 254 Å².